The van der Waals surface area contributed by atoms with Crippen LogP contribution in [0.1, 0.15) is 44.6 Å². The van der Waals surface area contributed by atoms with E-state index in [4.69, 9.17) is 4.74 Å². The van der Waals surface area contributed by atoms with Crippen molar-refractivity contribution in [3.8, 4) is 5.75 Å². The summed E-state index contributed by atoms with van der Waals surface area (Å²) >= 11 is 3.62. The lowest BCUT2D eigenvalue weighted by Crippen LogP contribution is -2.33. The average molecular weight is 326 g/mol. The Kier molecular flexibility index (Phi) is 5.71. The summed E-state index contributed by atoms with van der Waals surface area (Å²) in [6, 6.07) is 6.81. The van der Waals surface area contributed by atoms with Gasteiger partial charge in [-0.05, 0) is 42.5 Å². The Morgan fingerprint density at radius 3 is 2.84 bits per heavy atom. The first-order valence-electron chi connectivity index (χ1n) is 7.26. The average Bonchev–Trinajstić information content (AvgIpc) is 2.63. The normalized spacial score (nSPS) is 23.9. The van der Waals surface area contributed by atoms with Crippen molar-refractivity contribution in [3.05, 3.63) is 28.2 Å². The lowest BCUT2D eigenvalue weighted by atomic mass is 9.97. The molecule has 1 saturated carbocycles. The minimum Gasteiger partial charge on any atom is -0.497 e. The summed E-state index contributed by atoms with van der Waals surface area (Å²) < 4.78 is 6.45. The van der Waals surface area contributed by atoms with Crippen molar-refractivity contribution in [2.24, 2.45) is 5.92 Å². The first-order valence-corrected chi connectivity index (χ1v) is 8.06. The highest BCUT2D eigenvalue weighted by Gasteiger charge is 2.19. The molecule has 1 N–H and O–H groups in total. The van der Waals surface area contributed by atoms with Gasteiger partial charge in [0, 0.05) is 17.1 Å². The van der Waals surface area contributed by atoms with Crippen LogP contribution < -0.4 is 10.1 Å². The summed E-state index contributed by atoms with van der Waals surface area (Å²) in [6.07, 6.45) is 6.81. The van der Waals surface area contributed by atoms with Crippen molar-refractivity contribution in [2.75, 3.05) is 7.11 Å². The summed E-state index contributed by atoms with van der Waals surface area (Å²) in [5.74, 6) is 1.71. The maximum Gasteiger partial charge on any atom is 0.119 e. The van der Waals surface area contributed by atoms with Crippen LogP contribution in [0, 0.1) is 5.92 Å². The minimum absolute atomic E-state index is 0.653. The molecule has 0 amide bonds. The van der Waals surface area contributed by atoms with E-state index < -0.39 is 0 Å². The van der Waals surface area contributed by atoms with Gasteiger partial charge in [-0.1, -0.05) is 42.1 Å². The second-order valence-electron chi connectivity index (χ2n) is 5.56. The van der Waals surface area contributed by atoms with Crippen LogP contribution in [-0.2, 0) is 6.54 Å². The molecule has 0 spiro atoms. The third-order valence-corrected chi connectivity index (χ3v) is 4.94. The van der Waals surface area contributed by atoms with Gasteiger partial charge in [-0.25, -0.2) is 0 Å². The molecule has 19 heavy (non-hydrogen) atoms. The standard InChI is InChI=1S/C16H24BrNO/c1-12-6-4-3-5-7-16(12)18-11-13-10-14(19-2)8-9-15(13)17/h8-10,12,16,18H,3-7,11H2,1-2H3. The van der Waals surface area contributed by atoms with E-state index in [1.54, 1.807) is 7.11 Å². The number of ether oxygens (including phenoxy) is 1. The van der Waals surface area contributed by atoms with Gasteiger partial charge in [0.05, 0.1) is 7.11 Å². The van der Waals surface area contributed by atoms with Crippen molar-refractivity contribution in [1.29, 1.82) is 0 Å². The summed E-state index contributed by atoms with van der Waals surface area (Å²) in [4.78, 5) is 0. The van der Waals surface area contributed by atoms with Gasteiger partial charge in [-0.15, -0.1) is 0 Å². The Bertz CT molecular complexity index is 408. The number of hydrogen-bond acceptors (Lipinski definition) is 2. The highest BCUT2D eigenvalue weighted by atomic mass is 79.9. The van der Waals surface area contributed by atoms with Gasteiger partial charge in [-0.2, -0.15) is 0 Å². The topological polar surface area (TPSA) is 21.3 Å². The number of rotatable bonds is 4. The van der Waals surface area contributed by atoms with Crippen molar-refractivity contribution in [3.63, 3.8) is 0 Å². The molecule has 2 atom stereocenters. The number of halogens is 1. The molecule has 106 valence electrons. The fourth-order valence-electron chi connectivity index (χ4n) is 2.85. The zero-order valence-corrected chi connectivity index (χ0v) is 13.5. The van der Waals surface area contributed by atoms with Gasteiger partial charge in [0.1, 0.15) is 5.75 Å². The molecule has 0 aromatic heterocycles. The monoisotopic (exact) mass is 325 g/mol. The highest BCUT2D eigenvalue weighted by molar-refractivity contribution is 9.10. The van der Waals surface area contributed by atoms with E-state index in [0.29, 0.717) is 6.04 Å². The number of nitrogens with one attached hydrogen (secondary N) is 1. The zero-order chi connectivity index (χ0) is 13.7. The van der Waals surface area contributed by atoms with Crippen molar-refractivity contribution in [2.45, 2.75) is 51.6 Å². The predicted octanol–water partition coefficient (Wildman–Crippen LogP) is 4.52. The lowest BCUT2D eigenvalue weighted by Gasteiger charge is -2.23. The van der Waals surface area contributed by atoms with Crippen LogP contribution in [0.4, 0.5) is 0 Å². The van der Waals surface area contributed by atoms with E-state index in [2.05, 4.69) is 40.3 Å². The molecule has 1 aliphatic carbocycles. The van der Waals surface area contributed by atoms with Crippen molar-refractivity contribution < 1.29 is 4.74 Å². The molecule has 1 aliphatic rings. The van der Waals surface area contributed by atoms with Crippen LogP contribution in [0.25, 0.3) is 0 Å². The summed E-state index contributed by atoms with van der Waals surface area (Å²) in [5, 5.41) is 3.73. The minimum atomic E-state index is 0.653. The van der Waals surface area contributed by atoms with Crippen LogP contribution in [0.2, 0.25) is 0 Å². The van der Waals surface area contributed by atoms with E-state index >= 15 is 0 Å². The Hall–Kier alpha value is -0.540. The summed E-state index contributed by atoms with van der Waals surface area (Å²) in [5.41, 5.74) is 1.27. The van der Waals surface area contributed by atoms with E-state index in [0.717, 1.165) is 22.7 Å². The maximum absolute atomic E-state index is 5.29. The molecule has 0 saturated heterocycles. The van der Waals surface area contributed by atoms with Crippen LogP contribution in [-0.4, -0.2) is 13.2 Å². The molecule has 1 fully saturated rings. The van der Waals surface area contributed by atoms with E-state index in [9.17, 15) is 0 Å². The molecule has 1 aromatic rings. The summed E-state index contributed by atoms with van der Waals surface area (Å²) in [7, 11) is 1.72. The molecule has 0 bridgehead atoms. The Morgan fingerprint density at radius 1 is 1.26 bits per heavy atom. The maximum atomic E-state index is 5.29. The van der Waals surface area contributed by atoms with E-state index in [-0.39, 0.29) is 0 Å². The molecule has 2 nitrogen and oxygen atoms in total. The Morgan fingerprint density at radius 2 is 2.05 bits per heavy atom. The second-order valence-corrected chi connectivity index (χ2v) is 6.41. The second kappa shape index (κ2) is 7.30. The van der Waals surface area contributed by atoms with Crippen LogP contribution in [0.5, 0.6) is 5.75 Å². The zero-order valence-electron chi connectivity index (χ0n) is 11.9. The fourth-order valence-corrected chi connectivity index (χ4v) is 3.24. The molecule has 3 heteroatoms. The molecule has 2 unspecified atom stereocenters. The molecule has 2 rings (SSSR count). The first-order chi connectivity index (χ1) is 9.20. The van der Waals surface area contributed by atoms with E-state index in [1.807, 2.05) is 6.07 Å². The largest absolute Gasteiger partial charge is 0.497 e. The molecular formula is C16H24BrNO. The molecule has 0 aliphatic heterocycles. The quantitative estimate of drug-likeness (QED) is 0.822. The predicted molar refractivity (Wildman–Crippen MR) is 83.6 cm³/mol. The van der Waals surface area contributed by atoms with Crippen LogP contribution >= 0.6 is 15.9 Å². The number of hydrogen-bond donors (Lipinski definition) is 1. The lowest BCUT2D eigenvalue weighted by molar-refractivity contribution is 0.355. The van der Waals surface area contributed by atoms with Gasteiger partial charge in [0.2, 0.25) is 0 Å². The Balaban J connectivity index is 1.97. The fraction of sp³-hybridized carbons (Fsp3) is 0.625. The van der Waals surface area contributed by atoms with Gasteiger partial charge >= 0.3 is 0 Å². The molecular weight excluding hydrogens is 302 g/mol. The molecule has 0 radical (unpaired) electrons. The first kappa shape index (κ1) is 14.9. The van der Waals surface area contributed by atoms with Gasteiger partial charge < -0.3 is 10.1 Å². The van der Waals surface area contributed by atoms with E-state index in [1.165, 1.54) is 37.7 Å². The third kappa shape index (κ3) is 4.22. The van der Waals surface area contributed by atoms with Crippen LogP contribution in [0.15, 0.2) is 22.7 Å². The van der Waals surface area contributed by atoms with Crippen LogP contribution in [0.3, 0.4) is 0 Å². The van der Waals surface area contributed by atoms with Gasteiger partial charge in [-0.3, -0.25) is 0 Å². The number of benzene rings is 1. The molecule has 0 heterocycles. The highest BCUT2D eigenvalue weighted by Crippen LogP contribution is 2.25. The molecule has 1 aromatic carbocycles. The smallest absolute Gasteiger partial charge is 0.119 e. The summed E-state index contributed by atoms with van der Waals surface area (Å²) in [6.45, 7) is 3.29. The van der Waals surface area contributed by atoms with Gasteiger partial charge in [0.15, 0.2) is 0 Å². The number of methoxy groups -OCH3 is 1. The van der Waals surface area contributed by atoms with Crippen molar-refractivity contribution in [1.82, 2.24) is 5.32 Å². The van der Waals surface area contributed by atoms with Crippen molar-refractivity contribution >= 4 is 15.9 Å². The Labute approximate surface area is 125 Å². The third-order valence-electron chi connectivity index (χ3n) is 4.17. The SMILES string of the molecule is COc1ccc(Br)c(CNC2CCCCCC2C)c1. The van der Waals surface area contributed by atoms with Gasteiger partial charge in [0.25, 0.3) is 0 Å².